The molecule has 1 aromatic heterocycles. The van der Waals surface area contributed by atoms with Gasteiger partial charge in [-0.1, -0.05) is 0 Å². The van der Waals surface area contributed by atoms with Crippen molar-refractivity contribution in [3.63, 3.8) is 0 Å². The van der Waals surface area contributed by atoms with Gasteiger partial charge in [0.15, 0.2) is 0 Å². The highest BCUT2D eigenvalue weighted by Crippen LogP contribution is 2.46. The normalized spacial score (nSPS) is 21.7. The number of hydrogen-bond acceptors (Lipinski definition) is 9. The van der Waals surface area contributed by atoms with E-state index in [-0.39, 0.29) is 42.9 Å². The fourth-order valence-corrected chi connectivity index (χ4v) is 6.32. The van der Waals surface area contributed by atoms with Gasteiger partial charge in [-0.05, 0) is 50.1 Å². The fraction of sp³-hybridized carbons (Fsp3) is 0.462. The van der Waals surface area contributed by atoms with Gasteiger partial charge in [-0.25, -0.2) is 14.2 Å². The van der Waals surface area contributed by atoms with Gasteiger partial charge in [-0.3, -0.25) is 14.5 Å². The summed E-state index contributed by atoms with van der Waals surface area (Å²) in [5.74, 6) is 0.670. The van der Waals surface area contributed by atoms with Crippen molar-refractivity contribution in [1.29, 1.82) is 0 Å². The van der Waals surface area contributed by atoms with Gasteiger partial charge in [0.05, 0.1) is 41.2 Å². The SMILES string of the molecule is O=C1CSc2ccc(N3C[C@@H](CCCNC4CN5C(=O)CN(CCCO)c6ccc(F)c4c65)OC3=O)nc2N1. The Morgan fingerprint density at radius 2 is 2.03 bits per heavy atom. The van der Waals surface area contributed by atoms with E-state index in [1.165, 1.54) is 22.7 Å². The predicted molar refractivity (Wildman–Crippen MR) is 144 cm³/mol. The van der Waals surface area contributed by atoms with Crippen molar-refractivity contribution in [2.75, 3.05) is 65.1 Å². The van der Waals surface area contributed by atoms with Crippen molar-refractivity contribution in [1.82, 2.24) is 10.3 Å². The number of hydrogen-bond donors (Lipinski definition) is 3. The van der Waals surface area contributed by atoms with Crippen LogP contribution in [-0.4, -0.2) is 79.2 Å². The molecule has 1 aromatic carbocycles. The molecule has 0 saturated carbocycles. The molecule has 11 nitrogen and oxygen atoms in total. The van der Waals surface area contributed by atoms with E-state index < -0.39 is 6.09 Å². The molecule has 1 fully saturated rings. The lowest BCUT2D eigenvalue weighted by Crippen LogP contribution is -2.45. The van der Waals surface area contributed by atoms with E-state index in [1.807, 2.05) is 11.0 Å². The van der Waals surface area contributed by atoms with Gasteiger partial charge in [0, 0.05) is 25.3 Å². The molecule has 6 rings (SSSR count). The number of carbonyl (C=O) groups excluding carboxylic acids is 3. The number of rotatable bonds is 9. The second kappa shape index (κ2) is 10.6. The molecule has 1 unspecified atom stereocenters. The minimum absolute atomic E-state index is 0.0250. The Morgan fingerprint density at radius 3 is 2.87 bits per heavy atom. The zero-order valence-corrected chi connectivity index (χ0v) is 22.0. The number of carbonyl (C=O) groups is 3. The molecule has 4 aliphatic rings. The third-order valence-corrected chi connectivity index (χ3v) is 8.43. The quantitative estimate of drug-likeness (QED) is 0.399. The molecule has 0 radical (unpaired) electrons. The van der Waals surface area contributed by atoms with Crippen LogP contribution in [0.2, 0.25) is 0 Å². The summed E-state index contributed by atoms with van der Waals surface area (Å²) in [5.41, 5.74) is 1.93. The smallest absolute Gasteiger partial charge is 0.415 e. The van der Waals surface area contributed by atoms with Crippen LogP contribution in [0.4, 0.5) is 32.2 Å². The number of fused-ring (bicyclic) bond motifs is 1. The van der Waals surface area contributed by atoms with E-state index in [9.17, 15) is 23.9 Å². The second-order valence-corrected chi connectivity index (χ2v) is 11.0. The minimum atomic E-state index is -0.479. The van der Waals surface area contributed by atoms with E-state index in [0.717, 1.165) is 10.6 Å². The van der Waals surface area contributed by atoms with Crippen LogP contribution in [0.3, 0.4) is 0 Å². The van der Waals surface area contributed by atoms with Gasteiger partial charge >= 0.3 is 6.09 Å². The van der Waals surface area contributed by atoms with Crippen LogP contribution >= 0.6 is 11.8 Å². The maximum Gasteiger partial charge on any atom is 0.415 e. The first-order valence-corrected chi connectivity index (χ1v) is 14.1. The number of halogens is 1. The van der Waals surface area contributed by atoms with Crippen LogP contribution in [0.15, 0.2) is 29.2 Å². The van der Waals surface area contributed by atoms with Crippen molar-refractivity contribution in [3.05, 3.63) is 35.6 Å². The number of ether oxygens (including phenoxy) is 1. The number of aliphatic hydroxyl groups excluding tert-OH is 1. The number of benzene rings is 1. The average Bonchev–Trinajstić information content (AvgIpc) is 3.50. The van der Waals surface area contributed by atoms with E-state index in [2.05, 4.69) is 15.6 Å². The van der Waals surface area contributed by atoms with Crippen molar-refractivity contribution in [3.8, 4) is 0 Å². The monoisotopic (exact) mass is 556 g/mol. The zero-order chi connectivity index (χ0) is 27.1. The molecule has 13 heteroatoms. The molecule has 0 spiro atoms. The van der Waals surface area contributed by atoms with Gasteiger partial charge in [-0.2, -0.15) is 0 Å². The van der Waals surface area contributed by atoms with Gasteiger partial charge in [0.2, 0.25) is 11.8 Å². The van der Waals surface area contributed by atoms with E-state index in [0.29, 0.717) is 74.1 Å². The Bertz CT molecular complexity index is 1330. The van der Waals surface area contributed by atoms with E-state index in [4.69, 9.17) is 4.74 Å². The van der Waals surface area contributed by atoms with Crippen molar-refractivity contribution >= 4 is 52.7 Å². The van der Waals surface area contributed by atoms with Crippen LogP contribution in [0.25, 0.3) is 0 Å². The maximum atomic E-state index is 15.0. The molecule has 5 heterocycles. The molecule has 1 saturated heterocycles. The van der Waals surface area contributed by atoms with Gasteiger partial charge < -0.3 is 30.3 Å². The standard InChI is InChI=1S/C26H29FN6O5S/c27-16-4-5-18-24-23(16)17(12-33(24)22(36)13-31(18)9-2-10-34)28-8-1-3-15-11-32(26(37)38-15)20-7-6-19-25(29-20)30-21(35)14-39-19/h4-7,15,17,28,34H,1-3,8-14H2,(H,29,30,35)/t15-,17?/m1/s1. The molecule has 0 bridgehead atoms. The summed E-state index contributed by atoms with van der Waals surface area (Å²) in [4.78, 5) is 47.4. The molecule has 3 N–H and O–H groups in total. The van der Waals surface area contributed by atoms with Crippen molar-refractivity contribution in [2.24, 2.45) is 0 Å². The van der Waals surface area contributed by atoms with Gasteiger partial charge in [0.25, 0.3) is 0 Å². The number of aromatic nitrogens is 1. The highest BCUT2D eigenvalue weighted by molar-refractivity contribution is 8.00. The predicted octanol–water partition coefficient (Wildman–Crippen LogP) is 2.25. The highest BCUT2D eigenvalue weighted by atomic mass is 32.2. The van der Waals surface area contributed by atoms with Crippen LogP contribution in [0.5, 0.6) is 0 Å². The highest BCUT2D eigenvalue weighted by Gasteiger charge is 2.41. The Morgan fingerprint density at radius 1 is 1.15 bits per heavy atom. The molecule has 0 aliphatic carbocycles. The first-order chi connectivity index (χ1) is 18.9. The van der Waals surface area contributed by atoms with Gasteiger partial charge in [0.1, 0.15) is 23.6 Å². The molecule has 206 valence electrons. The summed E-state index contributed by atoms with van der Waals surface area (Å²) in [6, 6.07) is 6.40. The third-order valence-electron chi connectivity index (χ3n) is 7.38. The minimum Gasteiger partial charge on any atom is -0.444 e. The average molecular weight is 557 g/mol. The number of anilines is 4. The van der Waals surface area contributed by atoms with Crippen LogP contribution in [0.1, 0.15) is 30.9 Å². The largest absolute Gasteiger partial charge is 0.444 e. The van der Waals surface area contributed by atoms with Crippen molar-refractivity contribution in [2.45, 2.75) is 36.3 Å². The summed E-state index contributed by atoms with van der Waals surface area (Å²) in [6.07, 6.45) is 1.02. The summed E-state index contributed by atoms with van der Waals surface area (Å²) in [5, 5.41) is 15.3. The lowest BCUT2D eigenvalue weighted by atomic mass is 10.0. The Kier molecular flexibility index (Phi) is 7.04. The van der Waals surface area contributed by atoms with Crippen LogP contribution in [0, 0.1) is 5.82 Å². The molecule has 2 aromatic rings. The zero-order valence-electron chi connectivity index (χ0n) is 21.2. The number of nitrogens with zero attached hydrogens (tertiary/aromatic N) is 4. The number of thioether (sulfide) groups is 1. The van der Waals surface area contributed by atoms with Gasteiger partial charge in [-0.15, -0.1) is 11.8 Å². The first-order valence-electron chi connectivity index (χ1n) is 13.1. The topological polar surface area (TPSA) is 127 Å². The first kappa shape index (κ1) is 25.8. The van der Waals surface area contributed by atoms with Crippen LogP contribution < -0.4 is 25.3 Å². The lowest BCUT2D eigenvalue weighted by Gasteiger charge is -2.35. The molecular formula is C26H29FN6O5S. The maximum absolute atomic E-state index is 15.0. The van der Waals surface area contributed by atoms with Crippen molar-refractivity contribution < 1.29 is 28.6 Å². The number of pyridine rings is 1. The lowest BCUT2D eigenvalue weighted by molar-refractivity contribution is -0.117. The number of amides is 3. The summed E-state index contributed by atoms with van der Waals surface area (Å²) >= 11 is 1.41. The number of cyclic esters (lactones) is 1. The molecular weight excluding hydrogens is 527 g/mol. The Hall–Kier alpha value is -3.42. The Balaban J connectivity index is 1.06. The Labute approximate surface area is 228 Å². The second-order valence-electron chi connectivity index (χ2n) is 9.95. The van der Waals surface area contributed by atoms with Crippen LogP contribution in [-0.2, 0) is 14.3 Å². The summed E-state index contributed by atoms with van der Waals surface area (Å²) in [6.45, 7) is 2.02. The molecule has 3 amide bonds. The summed E-state index contributed by atoms with van der Waals surface area (Å²) in [7, 11) is 0. The molecule has 39 heavy (non-hydrogen) atoms. The summed E-state index contributed by atoms with van der Waals surface area (Å²) < 4.78 is 20.5. The number of aliphatic hydroxyl groups is 1. The molecule has 4 aliphatic heterocycles. The van der Waals surface area contributed by atoms with E-state index in [1.54, 1.807) is 17.0 Å². The fourth-order valence-electron chi connectivity index (χ4n) is 5.56. The number of nitrogens with one attached hydrogen (secondary N) is 2. The third kappa shape index (κ3) is 4.90. The molecule has 2 atom stereocenters. The van der Waals surface area contributed by atoms with E-state index >= 15 is 0 Å².